The first-order valence-corrected chi connectivity index (χ1v) is 22.9. The molecule has 0 radical (unpaired) electrons. The van der Waals surface area contributed by atoms with E-state index in [1.54, 1.807) is 0 Å². The number of halogens is 2. The molecule has 0 amide bonds. The van der Waals surface area contributed by atoms with Crippen LogP contribution < -0.4 is 11.5 Å². The number of esters is 2. The summed E-state index contributed by atoms with van der Waals surface area (Å²) < 4.78 is 43.5. The van der Waals surface area contributed by atoms with E-state index in [9.17, 15) is 9.59 Å². The Morgan fingerprint density at radius 1 is 0.603 bits per heavy atom. The molecule has 0 bridgehead atoms. The molecule has 8 aliphatic rings. The molecule has 0 aromatic rings. The smallest absolute Gasteiger partial charge is 0.331 e. The van der Waals surface area contributed by atoms with Crippen molar-refractivity contribution in [1.29, 1.82) is 0 Å². The molecule has 0 saturated heterocycles. The van der Waals surface area contributed by atoms with Gasteiger partial charge in [-0.15, -0.1) is 0 Å². The molecular formula is C46H70F2N4O6. The van der Waals surface area contributed by atoms with Crippen LogP contribution in [-0.2, 0) is 28.7 Å². The van der Waals surface area contributed by atoms with Gasteiger partial charge in [-0.1, -0.05) is 38.0 Å². The summed E-state index contributed by atoms with van der Waals surface area (Å²) in [4.78, 5) is 37.2. The fourth-order valence-electron chi connectivity index (χ4n) is 15.5. The first-order valence-electron chi connectivity index (χ1n) is 22.9. The van der Waals surface area contributed by atoms with E-state index in [0.717, 1.165) is 77.0 Å². The summed E-state index contributed by atoms with van der Waals surface area (Å²) in [5, 5.41) is 8.30. The highest BCUT2D eigenvalue weighted by atomic mass is 19.1. The molecule has 8 rings (SSSR count). The molecule has 6 unspecified atom stereocenters. The lowest BCUT2D eigenvalue weighted by atomic mass is 9.45. The van der Waals surface area contributed by atoms with Crippen LogP contribution in [0.1, 0.15) is 130 Å². The van der Waals surface area contributed by atoms with Crippen molar-refractivity contribution in [2.75, 3.05) is 26.3 Å². The van der Waals surface area contributed by atoms with Crippen LogP contribution in [0.15, 0.2) is 22.5 Å². The standard InChI is InChI=1S/C46H70F2N4O6/c1-43-17-15-33-29(7-5-27-23-37(51-55-21-19-49)35(47)25-45(27,33)3)31(43)9-11-39(43)57-41(53)13-14-42(54)58-40-12-10-32-30-8-6-28-24-38(52-56-22-20-50)36(48)26-46(28,4)34(30)16-18-44(32,40)2/h13-14,27-36,39-40H,5-12,15-26,49-50H2,1-4H3/b14-13+,51-37-,52-38-/t27?,28?,29-,30-,31-,32-,33+,34+,35?,36?,39?,40?,43-,44-,45-,46-/m0/s1. The third-order valence-corrected chi connectivity index (χ3v) is 18.5. The summed E-state index contributed by atoms with van der Waals surface area (Å²) in [7, 11) is 0. The van der Waals surface area contributed by atoms with Crippen molar-refractivity contribution < 1.29 is 37.5 Å². The molecule has 8 saturated carbocycles. The average Bonchev–Trinajstić information content (AvgIpc) is 3.70. The zero-order chi connectivity index (χ0) is 41.0. The van der Waals surface area contributed by atoms with Crippen LogP contribution in [0, 0.1) is 69.0 Å². The number of nitrogens with two attached hydrogens (primary N) is 2. The summed E-state index contributed by atoms with van der Waals surface area (Å²) in [6.45, 7) is 10.5. The second-order valence-corrected chi connectivity index (χ2v) is 20.9. The van der Waals surface area contributed by atoms with Crippen LogP contribution in [0.4, 0.5) is 8.78 Å². The highest BCUT2D eigenvalue weighted by Gasteiger charge is 2.63. The van der Waals surface area contributed by atoms with Crippen LogP contribution in [0.5, 0.6) is 0 Å². The van der Waals surface area contributed by atoms with Gasteiger partial charge in [0.05, 0.1) is 11.4 Å². The van der Waals surface area contributed by atoms with Crippen molar-refractivity contribution in [3.8, 4) is 0 Å². The number of carbonyl (C=O) groups is 2. The van der Waals surface area contributed by atoms with Crippen molar-refractivity contribution in [1.82, 2.24) is 0 Å². The number of hydrogen-bond acceptors (Lipinski definition) is 10. The minimum atomic E-state index is -1.09. The van der Waals surface area contributed by atoms with Gasteiger partial charge in [-0.05, 0) is 161 Å². The third-order valence-electron chi connectivity index (χ3n) is 18.5. The molecule has 8 aliphatic carbocycles. The number of rotatable bonds is 10. The summed E-state index contributed by atoms with van der Waals surface area (Å²) in [6.07, 6.45) is 14.0. The SMILES string of the molecule is C[C@]12CC(F)/C(=N\OCCN)CC1CC[C@@H]1[C@H]2CC[C@]2(C)C(OC(=O)/C=C/C(=O)OC3CC[C@H]4[C@@H]5CCC6C/C(=N/OCCN)C(F)C[C@]6(C)[C@@H]5CC[C@]34C)CC[C@@H]12. The molecule has 0 spiro atoms. The summed E-state index contributed by atoms with van der Waals surface area (Å²) in [6, 6.07) is 0. The first kappa shape index (κ1) is 42.1. The van der Waals surface area contributed by atoms with Gasteiger partial charge in [-0.25, -0.2) is 18.4 Å². The van der Waals surface area contributed by atoms with Gasteiger partial charge in [-0.3, -0.25) is 0 Å². The van der Waals surface area contributed by atoms with Crippen molar-refractivity contribution in [3.05, 3.63) is 12.2 Å². The van der Waals surface area contributed by atoms with Gasteiger partial charge in [0.25, 0.3) is 0 Å². The molecule has 0 heterocycles. The van der Waals surface area contributed by atoms with Gasteiger partial charge in [0.2, 0.25) is 0 Å². The van der Waals surface area contributed by atoms with Crippen molar-refractivity contribution in [2.45, 2.75) is 155 Å². The molecule has 16 atom stereocenters. The van der Waals surface area contributed by atoms with Crippen LogP contribution >= 0.6 is 0 Å². The Balaban J connectivity index is 0.844. The van der Waals surface area contributed by atoms with Crippen molar-refractivity contribution in [2.24, 2.45) is 90.8 Å². The van der Waals surface area contributed by atoms with Crippen LogP contribution in [0.2, 0.25) is 0 Å². The second kappa shape index (κ2) is 16.4. The van der Waals surface area contributed by atoms with Crippen molar-refractivity contribution >= 4 is 23.4 Å². The van der Waals surface area contributed by atoms with Crippen LogP contribution in [-0.4, -0.2) is 74.2 Å². The number of ether oxygens (including phenoxy) is 2. The minimum absolute atomic E-state index is 0.0864. The lowest BCUT2D eigenvalue weighted by molar-refractivity contribution is -0.160. The van der Waals surface area contributed by atoms with Gasteiger partial charge in [0, 0.05) is 36.1 Å². The van der Waals surface area contributed by atoms with Gasteiger partial charge in [0.15, 0.2) is 0 Å². The highest BCUT2D eigenvalue weighted by molar-refractivity contribution is 5.92. The van der Waals surface area contributed by atoms with Gasteiger partial charge < -0.3 is 30.6 Å². The van der Waals surface area contributed by atoms with E-state index in [1.807, 2.05) is 0 Å². The van der Waals surface area contributed by atoms with Crippen molar-refractivity contribution in [3.63, 3.8) is 0 Å². The summed E-state index contributed by atoms with van der Waals surface area (Å²) >= 11 is 0. The Morgan fingerprint density at radius 2 is 1.00 bits per heavy atom. The van der Waals surface area contributed by atoms with Gasteiger partial charge in [0.1, 0.15) is 37.8 Å². The Kier molecular flexibility index (Phi) is 11.9. The Hall–Kier alpha value is -2.60. The molecule has 0 aromatic heterocycles. The maximum atomic E-state index is 15.6. The molecule has 324 valence electrons. The molecule has 4 N–H and O–H groups in total. The molecule has 0 aromatic carbocycles. The fraction of sp³-hybridized carbons (Fsp3) is 0.870. The zero-order valence-electron chi connectivity index (χ0n) is 35.5. The van der Waals surface area contributed by atoms with E-state index < -0.39 is 24.3 Å². The molecule has 12 heteroatoms. The minimum Gasteiger partial charge on any atom is -0.459 e. The summed E-state index contributed by atoms with van der Waals surface area (Å²) in [5.74, 6) is 2.48. The van der Waals surface area contributed by atoms with E-state index in [-0.39, 0.29) is 33.9 Å². The molecule has 10 nitrogen and oxygen atoms in total. The average molecular weight is 813 g/mol. The Morgan fingerprint density at radius 3 is 1.40 bits per heavy atom. The van der Waals surface area contributed by atoms with E-state index in [1.165, 1.54) is 12.2 Å². The van der Waals surface area contributed by atoms with Crippen LogP contribution in [0.3, 0.4) is 0 Å². The molecular weight excluding hydrogens is 743 g/mol. The maximum Gasteiger partial charge on any atom is 0.331 e. The quantitative estimate of drug-likeness (QED) is 0.0976. The zero-order valence-corrected chi connectivity index (χ0v) is 35.5. The van der Waals surface area contributed by atoms with E-state index in [0.29, 0.717) is 111 Å². The largest absolute Gasteiger partial charge is 0.459 e. The van der Waals surface area contributed by atoms with E-state index in [2.05, 4.69) is 38.0 Å². The van der Waals surface area contributed by atoms with Gasteiger partial charge in [-0.2, -0.15) is 0 Å². The van der Waals surface area contributed by atoms with E-state index in [4.69, 9.17) is 30.6 Å². The topological polar surface area (TPSA) is 148 Å². The predicted molar refractivity (Wildman–Crippen MR) is 218 cm³/mol. The maximum absolute atomic E-state index is 15.6. The first-order chi connectivity index (χ1) is 27.7. The second-order valence-electron chi connectivity index (χ2n) is 20.9. The molecule has 0 aliphatic heterocycles. The third kappa shape index (κ3) is 7.23. The number of alkyl halides is 2. The monoisotopic (exact) mass is 813 g/mol. The highest BCUT2D eigenvalue weighted by Crippen LogP contribution is 2.68. The summed E-state index contributed by atoms with van der Waals surface area (Å²) in [5.41, 5.74) is 11.7. The normalized spacial score (nSPS) is 48.3. The number of fused-ring (bicyclic) bond motifs is 10. The Bertz CT molecular complexity index is 1530. The van der Waals surface area contributed by atoms with E-state index >= 15 is 8.78 Å². The fourth-order valence-corrected chi connectivity index (χ4v) is 15.5. The lowest BCUT2D eigenvalue weighted by Gasteiger charge is -2.60. The lowest BCUT2D eigenvalue weighted by Crippen LogP contribution is -2.56. The molecule has 8 fully saturated rings. The number of oxime groups is 2. The number of carbonyl (C=O) groups excluding carboxylic acids is 2. The number of hydrogen-bond donors (Lipinski definition) is 2. The predicted octanol–water partition coefficient (Wildman–Crippen LogP) is 8.01. The Labute approximate surface area is 344 Å². The number of nitrogens with zero attached hydrogens (tertiary/aromatic N) is 2. The molecule has 58 heavy (non-hydrogen) atoms. The van der Waals surface area contributed by atoms with Crippen LogP contribution in [0.25, 0.3) is 0 Å². The van der Waals surface area contributed by atoms with Gasteiger partial charge >= 0.3 is 11.9 Å².